The highest BCUT2D eigenvalue weighted by Crippen LogP contribution is 2.41. The Morgan fingerprint density at radius 3 is 2.25 bits per heavy atom. The lowest BCUT2D eigenvalue weighted by Gasteiger charge is -2.16. The molecular formula is C14H14Br2O3S. The zero-order chi connectivity index (χ0) is 14.9. The van der Waals surface area contributed by atoms with Crippen LogP contribution in [-0.2, 0) is 0 Å². The van der Waals surface area contributed by atoms with Crippen molar-refractivity contribution in [2.24, 2.45) is 0 Å². The van der Waals surface area contributed by atoms with Crippen LogP contribution in [0.5, 0.6) is 11.5 Å². The molecule has 0 aliphatic carbocycles. The minimum Gasteiger partial charge on any atom is -0.496 e. The molecule has 0 aliphatic heterocycles. The summed E-state index contributed by atoms with van der Waals surface area (Å²) >= 11 is 8.40. The first-order valence-corrected chi connectivity index (χ1v) is 8.23. The fraction of sp³-hybridized carbons (Fsp3) is 0.286. The summed E-state index contributed by atoms with van der Waals surface area (Å²) in [5, 5.41) is 10.6. The maximum atomic E-state index is 10.6. The average Bonchev–Trinajstić information content (AvgIpc) is 2.77. The van der Waals surface area contributed by atoms with Crippen molar-refractivity contribution in [1.82, 2.24) is 0 Å². The molecule has 0 spiro atoms. The van der Waals surface area contributed by atoms with Crippen LogP contribution in [-0.4, -0.2) is 19.3 Å². The lowest BCUT2D eigenvalue weighted by atomic mass is 10.1. The molecular weight excluding hydrogens is 408 g/mol. The van der Waals surface area contributed by atoms with E-state index in [0.717, 1.165) is 18.7 Å². The van der Waals surface area contributed by atoms with Gasteiger partial charge >= 0.3 is 0 Å². The van der Waals surface area contributed by atoms with E-state index in [1.807, 2.05) is 13.0 Å². The van der Waals surface area contributed by atoms with Gasteiger partial charge in [0.1, 0.15) is 17.6 Å². The van der Waals surface area contributed by atoms with Crippen molar-refractivity contribution in [2.45, 2.75) is 13.0 Å². The van der Waals surface area contributed by atoms with Crippen LogP contribution in [0, 0.1) is 6.92 Å². The molecule has 1 aromatic carbocycles. The molecule has 2 aromatic rings. The Hall–Kier alpha value is -0.560. The van der Waals surface area contributed by atoms with Crippen molar-refractivity contribution in [1.29, 1.82) is 0 Å². The number of rotatable bonds is 4. The molecule has 0 bridgehead atoms. The Balaban J connectivity index is 2.49. The molecule has 1 heterocycles. The van der Waals surface area contributed by atoms with Crippen LogP contribution in [0.3, 0.4) is 0 Å². The van der Waals surface area contributed by atoms with Crippen LogP contribution in [0.2, 0.25) is 0 Å². The molecule has 0 amide bonds. The number of aryl methyl sites for hydroxylation is 1. The molecule has 3 nitrogen and oxygen atoms in total. The highest BCUT2D eigenvalue weighted by Gasteiger charge is 2.20. The number of aliphatic hydroxyl groups excluding tert-OH is 1. The highest BCUT2D eigenvalue weighted by molar-refractivity contribution is 9.11. The highest BCUT2D eigenvalue weighted by atomic mass is 79.9. The first-order chi connectivity index (χ1) is 9.47. The molecule has 1 atom stereocenters. The van der Waals surface area contributed by atoms with Crippen LogP contribution in [0.25, 0.3) is 0 Å². The summed E-state index contributed by atoms with van der Waals surface area (Å²) in [6.45, 7) is 2.00. The molecule has 20 heavy (non-hydrogen) atoms. The lowest BCUT2D eigenvalue weighted by Crippen LogP contribution is -2.02. The zero-order valence-electron chi connectivity index (χ0n) is 11.2. The van der Waals surface area contributed by atoms with Crippen molar-refractivity contribution in [3.63, 3.8) is 0 Å². The summed E-state index contributed by atoms with van der Waals surface area (Å²) in [5.74, 6) is 1.28. The summed E-state index contributed by atoms with van der Waals surface area (Å²) in [4.78, 5) is 0.858. The molecule has 0 fully saturated rings. The van der Waals surface area contributed by atoms with Crippen molar-refractivity contribution < 1.29 is 14.6 Å². The van der Waals surface area contributed by atoms with E-state index in [-0.39, 0.29) is 0 Å². The van der Waals surface area contributed by atoms with Crippen LogP contribution >= 0.6 is 43.2 Å². The van der Waals surface area contributed by atoms with Gasteiger partial charge in [-0.1, -0.05) is 0 Å². The number of methoxy groups -OCH3 is 2. The first kappa shape index (κ1) is 15.8. The van der Waals surface area contributed by atoms with E-state index in [4.69, 9.17) is 9.47 Å². The summed E-state index contributed by atoms with van der Waals surface area (Å²) in [6.07, 6.45) is -0.748. The van der Waals surface area contributed by atoms with Crippen molar-refractivity contribution in [3.05, 3.63) is 42.5 Å². The van der Waals surface area contributed by atoms with Crippen LogP contribution in [0.15, 0.2) is 26.5 Å². The van der Waals surface area contributed by atoms with Crippen LogP contribution < -0.4 is 9.47 Å². The van der Waals surface area contributed by atoms with Crippen LogP contribution in [0.4, 0.5) is 0 Å². The standard InChI is InChI=1S/C14H14Br2O3S/c1-7-4-12(20-14(7)16)13(17)8-5-11(19-3)9(15)6-10(8)18-2/h4-6,13,17H,1-3H3. The van der Waals surface area contributed by atoms with E-state index in [2.05, 4.69) is 31.9 Å². The Morgan fingerprint density at radius 1 is 1.10 bits per heavy atom. The molecule has 0 saturated heterocycles. The topological polar surface area (TPSA) is 38.7 Å². The summed E-state index contributed by atoms with van der Waals surface area (Å²) in [7, 11) is 3.18. The Bertz CT molecular complexity index is 606. The predicted octanol–water partition coefficient (Wildman–Crippen LogP) is 4.68. The van der Waals surface area contributed by atoms with Gasteiger partial charge in [0.05, 0.1) is 22.5 Å². The molecule has 1 unspecified atom stereocenters. The number of ether oxygens (including phenoxy) is 2. The average molecular weight is 422 g/mol. The molecule has 1 N–H and O–H groups in total. The smallest absolute Gasteiger partial charge is 0.133 e. The van der Waals surface area contributed by atoms with Gasteiger partial charge < -0.3 is 14.6 Å². The minimum absolute atomic E-state index is 0.618. The quantitative estimate of drug-likeness (QED) is 0.778. The molecule has 0 aliphatic rings. The van der Waals surface area contributed by atoms with Gasteiger partial charge in [0.15, 0.2) is 0 Å². The third-order valence-corrected chi connectivity index (χ3v) is 5.75. The maximum Gasteiger partial charge on any atom is 0.133 e. The third-order valence-electron chi connectivity index (χ3n) is 2.94. The molecule has 0 radical (unpaired) electrons. The third kappa shape index (κ3) is 3.03. The maximum absolute atomic E-state index is 10.6. The largest absolute Gasteiger partial charge is 0.496 e. The van der Waals surface area contributed by atoms with E-state index in [1.54, 1.807) is 26.4 Å². The first-order valence-electron chi connectivity index (χ1n) is 5.83. The van der Waals surface area contributed by atoms with E-state index in [9.17, 15) is 5.11 Å². The number of benzene rings is 1. The van der Waals surface area contributed by atoms with Gasteiger partial charge in [0, 0.05) is 10.4 Å². The van der Waals surface area contributed by atoms with Crippen molar-refractivity contribution in [2.75, 3.05) is 14.2 Å². The molecule has 1 aromatic heterocycles. The number of aliphatic hydroxyl groups is 1. The van der Waals surface area contributed by atoms with Gasteiger partial charge in [-0.25, -0.2) is 0 Å². The second-order valence-corrected chi connectivity index (χ2v) is 7.49. The monoisotopic (exact) mass is 420 g/mol. The summed E-state index contributed by atoms with van der Waals surface area (Å²) < 4.78 is 12.4. The van der Waals surface area contributed by atoms with Gasteiger partial charge in [-0.2, -0.15) is 0 Å². The Kier molecular flexibility index (Phi) is 5.12. The Morgan fingerprint density at radius 2 is 1.75 bits per heavy atom. The van der Waals surface area contributed by atoms with E-state index >= 15 is 0 Å². The van der Waals surface area contributed by atoms with Gasteiger partial charge in [0.2, 0.25) is 0 Å². The van der Waals surface area contributed by atoms with Crippen LogP contribution in [0.1, 0.15) is 22.1 Å². The number of hydrogen-bond donors (Lipinski definition) is 1. The number of thiophene rings is 1. The molecule has 108 valence electrons. The zero-order valence-corrected chi connectivity index (χ0v) is 15.2. The fourth-order valence-electron chi connectivity index (χ4n) is 1.87. The minimum atomic E-state index is -0.748. The number of hydrogen-bond acceptors (Lipinski definition) is 4. The van der Waals surface area contributed by atoms with E-state index < -0.39 is 6.10 Å². The van der Waals surface area contributed by atoms with Gasteiger partial charge in [0.25, 0.3) is 0 Å². The normalized spacial score (nSPS) is 12.3. The second-order valence-electron chi connectivity index (χ2n) is 4.24. The van der Waals surface area contributed by atoms with Crippen molar-refractivity contribution in [3.8, 4) is 11.5 Å². The van der Waals surface area contributed by atoms with E-state index in [0.29, 0.717) is 17.1 Å². The summed E-state index contributed by atoms with van der Waals surface area (Å²) in [5.41, 5.74) is 1.79. The molecule has 0 saturated carbocycles. The van der Waals surface area contributed by atoms with Gasteiger partial charge in [-0.15, -0.1) is 11.3 Å². The van der Waals surface area contributed by atoms with Gasteiger partial charge in [-0.05, 0) is 62.5 Å². The fourth-order valence-corrected chi connectivity index (χ4v) is 3.93. The van der Waals surface area contributed by atoms with Gasteiger partial charge in [-0.3, -0.25) is 0 Å². The number of halogens is 2. The van der Waals surface area contributed by atoms with Crippen molar-refractivity contribution >= 4 is 43.2 Å². The Labute approximate surface area is 138 Å². The molecule has 6 heteroatoms. The van der Waals surface area contributed by atoms with E-state index in [1.165, 1.54) is 11.3 Å². The lowest BCUT2D eigenvalue weighted by molar-refractivity contribution is 0.217. The molecule has 2 rings (SSSR count). The predicted molar refractivity (Wildman–Crippen MR) is 88.1 cm³/mol. The second kappa shape index (κ2) is 6.47. The SMILES string of the molecule is COc1cc(C(O)c2cc(C)c(Br)s2)c(OC)cc1Br. The summed E-state index contributed by atoms with van der Waals surface area (Å²) in [6, 6.07) is 5.55.